The molecule has 1 saturated heterocycles. The van der Waals surface area contributed by atoms with Crippen LogP contribution >= 0.6 is 0 Å². The summed E-state index contributed by atoms with van der Waals surface area (Å²) in [4.78, 5) is 15.0. The lowest BCUT2D eigenvalue weighted by Crippen LogP contribution is -2.27. The number of carbonyl (C=O) groups is 1. The van der Waals surface area contributed by atoms with Gasteiger partial charge in [0.25, 0.3) is 0 Å². The van der Waals surface area contributed by atoms with Gasteiger partial charge in [-0.2, -0.15) is 0 Å². The fourth-order valence-corrected chi connectivity index (χ4v) is 2.00. The van der Waals surface area contributed by atoms with E-state index in [-0.39, 0.29) is 11.4 Å². The number of anilines is 1. The van der Waals surface area contributed by atoms with E-state index in [2.05, 4.69) is 10.3 Å². The van der Waals surface area contributed by atoms with Gasteiger partial charge in [0.2, 0.25) is 0 Å². The molecule has 16 heavy (non-hydrogen) atoms. The van der Waals surface area contributed by atoms with Crippen LogP contribution in [0.15, 0.2) is 12.1 Å². The summed E-state index contributed by atoms with van der Waals surface area (Å²) in [6.45, 7) is 1.91. The van der Waals surface area contributed by atoms with Crippen molar-refractivity contribution in [2.75, 3.05) is 18.8 Å². The zero-order chi connectivity index (χ0) is 11.5. The molecule has 0 radical (unpaired) electrons. The van der Waals surface area contributed by atoms with Crippen LogP contribution in [0.3, 0.4) is 0 Å². The number of aromatic nitrogens is 1. The molecule has 0 aromatic carbocycles. The summed E-state index contributed by atoms with van der Waals surface area (Å²) in [5.41, 5.74) is 6.60. The van der Waals surface area contributed by atoms with Gasteiger partial charge in [-0.15, -0.1) is 0 Å². The first-order chi connectivity index (χ1) is 7.68. The molecule has 4 N–H and O–H groups in total. The zero-order valence-electron chi connectivity index (χ0n) is 8.94. The summed E-state index contributed by atoms with van der Waals surface area (Å²) < 4.78 is 0. The number of nitrogens with two attached hydrogens (primary N) is 1. The minimum Gasteiger partial charge on any atom is -0.476 e. The topological polar surface area (TPSA) is 88.2 Å². The van der Waals surface area contributed by atoms with Gasteiger partial charge in [0, 0.05) is 11.6 Å². The maximum absolute atomic E-state index is 10.9. The number of pyridine rings is 1. The number of carboxylic acid groups (broad SMARTS) is 1. The second kappa shape index (κ2) is 4.49. The van der Waals surface area contributed by atoms with E-state index >= 15 is 0 Å². The van der Waals surface area contributed by atoms with Crippen molar-refractivity contribution in [1.29, 1.82) is 0 Å². The van der Waals surface area contributed by atoms with Crippen LogP contribution in [0.2, 0.25) is 0 Å². The summed E-state index contributed by atoms with van der Waals surface area (Å²) in [5.74, 6) is -0.715. The second-order valence-corrected chi connectivity index (χ2v) is 4.00. The fourth-order valence-electron chi connectivity index (χ4n) is 2.00. The Bertz CT molecular complexity index is 400. The van der Waals surface area contributed by atoms with Gasteiger partial charge < -0.3 is 16.2 Å². The van der Waals surface area contributed by atoms with Gasteiger partial charge in [0.15, 0.2) is 5.69 Å². The molecular formula is C11H15N3O2. The quantitative estimate of drug-likeness (QED) is 0.688. The molecule has 0 unspecified atom stereocenters. The molecule has 1 aliphatic heterocycles. The Morgan fingerprint density at radius 1 is 1.44 bits per heavy atom. The zero-order valence-corrected chi connectivity index (χ0v) is 8.94. The third-order valence-electron chi connectivity index (χ3n) is 2.91. The van der Waals surface area contributed by atoms with E-state index in [9.17, 15) is 4.79 Å². The number of nitrogens with zero attached hydrogens (tertiary/aromatic N) is 1. The monoisotopic (exact) mass is 221 g/mol. The highest BCUT2D eigenvalue weighted by atomic mass is 16.4. The van der Waals surface area contributed by atoms with Crippen LogP contribution in [0.25, 0.3) is 0 Å². The van der Waals surface area contributed by atoms with Crippen LogP contribution in [-0.2, 0) is 0 Å². The van der Waals surface area contributed by atoms with E-state index in [1.165, 1.54) is 0 Å². The van der Waals surface area contributed by atoms with Crippen LogP contribution in [0.4, 0.5) is 5.69 Å². The number of piperidine rings is 1. The number of nitrogen functional groups attached to an aromatic ring is 1. The number of hydrogen-bond acceptors (Lipinski definition) is 4. The van der Waals surface area contributed by atoms with Gasteiger partial charge in [-0.05, 0) is 38.1 Å². The first-order valence-corrected chi connectivity index (χ1v) is 5.39. The molecule has 5 nitrogen and oxygen atoms in total. The van der Waals surface area contributed by atoms with Crippen molar-refractivity contribution in [3.05, 3.63) is 23.5 Å². The number of carboxylic acids is 1. The van der Waals surface area contributed by atoms with Gasteiger partial charge in [-0.3, -0.25) is 0 Å². The third-order valence-corrected chi connectivity index (χ3v) is 2.91. The highest BCUT2D eigenvalue weighted by Crippen LogP contribution is 2.25. The summed E-state index contributed by atoms with van der Waals surface area (Å²) >= 11 is 0. The van der Waals surface area contributed by atoms with Crippen LogP contribution in [0.1, 0.15) is 34.9 Å². The molecule has 86 valence electrons. The number of nitrogens with one attached hydrogen (secondary N) is 1. The van der Waals surface area contributed by atoms with Gasteiger partial charge in [-0.25, -0.2) is 9.78 Å². The molecule has 0 amide bonds. The highest BCUT2D eigenvalue weighted by molar-refractivity contribution is 5.91. The van der Waals surface area contributed by atoms with Gasteiger partial charge in [-0.1, -0.05) is 0 Å². The van der Waals surface area contributed by atoms with Gasteiger partial charge in [0.1, 0.15) is 0 Å². The van der Waals surface area contributed by atoms with E-state index in [0.717, 1.165) is 31.6 Å². The van der Waals surface area contributed by atoms with Crippen molar-refractivity contribution in [1.82, 2.24) is 10.3 Å². The SMILES string of the molecule is Nc1ccc(C2CCNCC2)nc1C(=O)O. The standard InChI is InChI=1S/C11H15N3O2/c12-8-1-2-9(14-10(8)11(15)16)7-3-5-13-6-4-7/h1-2,7,13H,3-6,12H2,(H,15,16). The Kier molecular flexibility index (Phi) is 3.05. The van der Waals surface area contributed by atoms with Crippen molar-refractivity contribution in [3.63, 3.8) is 0 Å². The van der Waals surface area contributed by atoms with Crippen LogP contribution in [-0.4, -0.2) is 29.1 Å². The van der Waals surface area contributed by atoms with Gasteiger partial charge >= 0.3 is 5.97 Å². The molecule has 0 saturated carbocycles. The van der Waals surface area contributed by atoms with Crippen molar-refractivity contribution in [2.24, 2.45) is 0 Å². The average molecular weight is 221 g/mol. The molecule has 1 aromatic heterocycles. The summed E-state index contributed by atoms with van der Waals surface area (Å²) in [5, 5.41) is 12.2. The average Bonchev–Trinajstić information content (AvgIpc) is 2.30. The lowest BCUT2D eigenvalue weighted by atomic mass is 9.94. The largest absolute Gasteiger partial charge is 0.476 e. The molecule has 1 fully saturated rings. The van der Waals surface area contributed by atoms with Crippen LogP contribution in [0, 0.1) is 0 Å². The number of aromatic carboxylic acids is 1. The van der Waals surface area contributed by atoms with Crippen molar-refractivity contribution in [3.8, 4) is 0 Å². The highest BCUT2D eigenvalue weighted by Gasteiger charge is 2.19. The normalized spacial score (nSPS) is 17.2. The predicted octanol–water partition coefficient (Wildman–Crippen LogP) is 0.829. The van der Waals surface area contributed by atoms with Crippen LogP contribution in [0.5, 0.6) is 0 Å². The summed E-state index contributed by atoms with van der Waals surface area (Å²) in [6.07, 6.45) is 1.99. The minimum atomic E-state index is -1.06. The van der Waals surface area contributed by atoms with Crippen molar-refractivity contribution >= 4 is 11.7 Å². The van der Waals surface area contributed by atoms with E-state index in [1.54, 1.807) is 6.07 Å². The van der Waals surface area contributed by atoms with Gasteiger partial charge in [0.05, 0.1) is 5.69 Å². The molecule has 0 bridgehead atoms. The Hall–Kier alpha value is -1.62. The fraction of sp³-hybridized carbons (Fsp3) is 0.455. The molecule has 0 spiro atoms. The molecule has 1 aliphatic rings. The molecule has 2 rings (SSSR count). The predicted molar refractivity (Wildman–Crippen MR) is 60.5 cm³/mol. The minimum absolute atomic E-state index is 0.0315. The molecule has 2 heterocycles. The van der Waals surface area contributed by atoms with Crippen molar-refractivity contribution in [2.45, 2.75) is 18.8 Å². The first kappa shape index (κ1) is 10.9. The maximum Gasteiger partial charge on any atom is 0.356 e. The lowest BCUT2D eigenvalue weighted by molar-refractivity contribution is 0.0691. The first-order valence-electron chi connectivity index (χ1n) is 5.39. The van der Waals surface area contributed by atoms with Crippen molar-refractivity contribution < 1.29 is 9.90 Å². The molecule has 1 aromatic rings. The Labute approximate surface area is 93.7 Å². The van der Waals surface area contributed by atoms with E-state index in [4.69, 9.17) is 10.8 Å². The number of rotatable bonds is 2. The summed E-state index contributed by atoms with van der Waals surface area (Å²) in [6, 6.07) is 3.46. The Balaban J connectivity index is 2.27. The Morgan fingerprint density at radius 3 is 2.75 bits per heavy atom. The number of hydrogen-bond donors (Lipinski definition) is 3. The molecule has 0 aliphatic carbocycles. The molecule has 5 heteroatoms. The van der Waals surface area contributed by atoms with E-state index in [0.29, 0.717) is 5.92 Å². The lowest BCUT2D eigenvalue weighted by Gasteiger charge is -2.22. The second-order valence-electron chi connectivity index (χ2n) is 4.00. The maximum atomic E-state index is 10.9. The summed E-state index contributed by atoms with van der Waals surface area (Å²) in [7, 11) is 0. The third kappa shape index (κ3) is 2.14. The van der Waals surface area contributed by atoms with Crippen LogP contribution < -0.4 is 11.1 Å². The Morgan fingerprint density at radius 2 is 2.12 bits per heavy atom. The smallest absolute Gasteiger partial charge is 0.356 e. The molecule has 0 atom stereocenters. The molecular weight excluding hydrogens is 206 g/mol. The van der Waals surface area contributed by atoms with E-state index in [1.807, 2.05) is 6.07 Å². The van der Waals surface area contributed by atoms with E-state index < -0.39 is 5.97 Å².